The largest absolute Gasteiger partial charge is 0.350 e. The minimum absolute atomic E-state index is 0.0257. The first-order valence-electron chi connectivity index (χ1n) is 3.87. The van der Waals surface area contributed by atoms with Crippen LogP contribution in [-0.2, 0) is 0 Å². The average Bonchev–Trinajstić information content (AvgIpc) is 2.46. The summed E-state index contributed by atoms with van der Waals surface area (Å²) in [6, 6.07) is 4.25. The Morgan fingerprint density at radius 3 is 2.92 bits per heavy atom. The third-order valence-electron chi connectivity index (χ3n) is 1.89. The molecule has 0 saturated heterocycles. The maximum atomic E-state index is 4.06. The van der Waals surface area contributed by atoms with Crippen molar-refractivity contribution >= 4 is 21.8 Å². The van der Waals surface area contributed by atoms with Crippen LogP contribution >= 0.6 is 10.9 Å². The number of hydrogen-bond donors (Lipinski definition) is 2. The van der Waals surface area contributed by atoms with Gasteiger partial charge in [0, 0.05) is 11.6 Å². The van der Waals surface area contributed by atoms with Crippen LogP contribution in [0.5, 0.6) is 0 Å². The highest BCUT2D eigenvalue weighted by molar-refractivity contribution is 8.15. The molecule has 12 heavy (non-hydrogen) atoms. The minimum atomic E-state index is -0.0257. The van der Waals surface area contributed by atoms with Crippen molar-refractivity contribution in [3.05, 3.63) is 24.5 Å². The number of pyridine rings is 1. The molecule has 2 heterocycles. The van der Waals surface area contributed by atoms with Crippen molar-refractivity contribution in [1.29, 1.82) is 0 Å². The Morgan fingerprint density at radius 1 is 1.42 bits per heavy atom. The Balaban J connectivity index is 2.62. The van der Waals surface area contributed by atoms with Crippen LogP contribution in [0, 0.1) is 0 Å². The summed E-state index contributed by atoms with van der Waals surface area (Å²) in [6.07, 6.45) is 8.19. The molecule has 0 bridgehead atoms. The number of thiol groups is 1. The molecule has 0 radical (unpaired) electrons. The van der Waals surface area contributed by atoms with Crippen molar-refractivity contribution in [3.63, 3.8) is 0 Å². The zero-order valence-corrected chi connectivity index (χ0v) is 8.10. The van der Waals surface area contributed by atoms with Crippen LogP contribution in [0.15, 0.2) is 29.6 Å². The van der Waals surface area contributed by atoms with E-state index in [2.05, 4.69) is 28.5 Å². The molecule has 1 N–H and O–H groups in total. The lowest BCUT2D eigenvalue weighted by molar-refractivity contribution is 1.22. The summed E-state index contributed by atoms with van der Waals surface area (Å²) in [5.41, 5.74) is 1.14. The molecule has 0 unspecified atom stereocenters. The van der Waals surface area contributed by atoms with Gasteiger partial charge in [-0.25, -0.2) is 10.9 Å². The summed E-state index contributed by atoms with van der Waals surface area (Å²) in [6.45, 7) is 0. The standard InChI is InChI=1S/C9H12N2S/c1-12(2)9-5-7-3-4-10-6-8(7)11-9/h3-6,11-12H,1-2H3. The van der Waals surface area contributed by atoms with Gasteiger partial charge in [0.05, 0.1) is 16.7 Å². The van der Waals surface area contributed by atoms with Crippen LogP contribution in [0.4, 0.5) is 0 Å². The fourth-order valence-electron chi connectivity index (χ4n) is 1.20. The van der Waals surface area contributed by atoms with Crippen LogP contribution in [-0.4, -0.2) is 22.5 Å². The average molecular weight is 180 g/mol. The van der Waals surface area contributed by atoms with Crippen molar-refractivity contribution in [3.8, 4) is 0 Å². The van der Waals surface area contributed by atoms with Gasteiger partial charge < -0.3 is 4.98 Å². The molecule has 0 amide bonds. The minimum Gasteiger partial charge on any atom is -0.350 e. The summed E-state index contributed by atoms with van der Waals surface area (Å²) in [5, 5.41) is 2.60. The molecule has 0 aliphatic rings. The van der Waals surface area contributed by atoms with Crippen LogP contribution in [0.25, 0.3) is 10.9 Å². The first kappa shape index (κ1) is 7.68. The molecule has 2 aromatic rings. The predicted molar refractivity (Wildman–Crippen MR) is 55.2 cm³/mol. The Morgan fingerprint density at radius 2 is 2.25 bits per heavy atom. The monoisotopic (exact) mass is 180 g/mol. The van der Waals surface area contributed by atoms with Gasteiger partial charge in [0.15, 0.2) is 0 Å². The highest BCUT2D eigenvalue weighted by Crippen LogP contribution is 2.29. The van der Waals surface area contributed by atoms with Crippen molar-refractivity contribution in [2.45, 2.75) is 5.03 Å². The Labute approximate surface area is 74.4 Å². The summed E-state index contributed by atoms with van der Waals surface area (Å²) >= 11 is 0. The van der Waals surface area contributed by atoms with Gasteiger partial charge in [0.1, 0.15) is 0 Å². The van der Waals surface area contributed by atoms with Crippen LogP contribution in [0.2, 0.25) is 0 Å². The molecule has 0 spiro atoms. The normalized spacial score (nSPS) is 12.0. The van der Waals surface area contributed by atoms with Gasteiger partial charge in [-0.3, -0.25) is 4.98 Å². The fourth-order valence-corrected chi connectivity index (χ4v) is 1.94. The van der Waals surface area contributed by atoms with Crippen molar-refractivity contribution in [2.24, 2.45) is 0 Å². The molecule has 0 fully saturated rings. The maximum Gasteiger partial charge on any atom is 0.0648 e. The number of H-pyrrole nitrogens is 1. The zero-order chi connectivity index (χ0) is 8.55. The lowest BCUT2D eigenvalue weighted by Crippen LogP contribution is -1.75. The molecule has 0 aliphatic carbocycles. The van der Waals surface area contributed by atoms with E-state index in [0.717, 1.165) is 5.52 Å². The molecular weight excluding hydrogens is 168 g/mol. The van der Waals surface area contributed by atoms with Gasteiger partial charge in [-0.1, -0.05) is 0 Å². The van der Waals surface area contributed by atoms with E-state index in [1.165, 1.54) is 10.4 Å². The molecule has 0 aromatic carbocycles. The quantitative estimate of drug-likeness (QED) is 0.647. The second-order valence-corrected chi connectivity index (χ2v) is 5.28. The Kier molecular flexibility index (Phi) is 1.81. The third-order valence-corrected chi connectivity index (χ3v) is 3.10. The van der Waals surface area contributed by atoms with Crippen molar-refractivity contribution < 1.29 is 0 Å². The number of fused-ring (bicyclic) bond motifs is 1. The summed E-state index contributed by atoms with van der Waals surface area (Å²) in [4.78, 5) is 7.42. The zero-order valence-electron chi connectivity index (χ0n) is 7.20. The summed E-state index contributed by atoms with van der Waals surface area (Å²) in [7, 11) is -0.0257. The van der Waals surface area contributed by atoms with Gasteiger partial charge >= 0.3 is 0 Å². The summed E-state index contributed by atoms with van der Waals surface area (Å²) < 4.78 is 0. The van der Waals surface area contributed by atoms with Gasteiger partial charge in [0.2, 0.25) is 0 Å². The molecular formula is C9H12N2S. The molecule has 2 aromatic heterocycles. The fraction of sp³-hybridized carbons (Fsp3) is 0.222. The molecule has 0 aliphatic heterocycles. The number of rotatable bonds is 1. The highest BCUT2D eigenvalue weighted by Gasteiger charge is 2.00. The van der Waals surface area contributed by atoms with E-state index in [1.54, 1.807) is 0 Å². The number of hydrogen-bond acceptors (Lipinski definition) is 1. The second-order valence-electron chi connectivity index (χ2n) is 3.01. The first-order valence-corrected chi connectivity index (χ1v) is 6.11. The number of aromatic nitrogens is 2. The Bertz CT molecular complexity index is 359. The second kappa shape index (κ2) is 2.83. The van der Waals surface area contributed by atoms with E-state index in [1.807, 2.05) is 18.5 Å². The van der Waals surface area contributed by atoms with Gasteiger partial charge in [-0.15, -0.1) is 0 Å². The third kappa shape index (κ3) is 1.20. The van der Waals surface area contributed by atoms with Gasteiger partial charge in [-0.05, 0) is 24.6 Å². The van der Waals surface area contributed by atoms with E-state index in [-0.39, 0.29) is 10.9 Å². The lowest BCUT2D eigenvalue weighted by atomic mass is 10.3. The molecule has 0 saturated carbocycles. The van der Waals surface area contributed by atoms with E-state index in [0.29, 0.717) is 0 Å². The lowest BCUT2D eigenvalue weighted by Gasteiger charge is -2.03. The van der Waals surface area contributed by atoms with Gasteiger partial charge in [0.25, 0.3) is 0 Å². The predicted octanol–water partition coefficient (Wildman–Crippen LogP) is 2.18. The van der Waals surface area contributed by atoms with Crippen LogP contribution in [0.3, 0.4) is 0 Å². The molecule has 3 heteroatoms. The van der Waals surface area contributed by atoms with Gasteiger partial charge in [-0.2, -0.15) is 0 Å². The molecule has 2 nitrogen and oxygen atoms in total. The Hall–Kier alpha value is -0.960. The smallest absolute Gasteiger partial charge is 0.0648 e. The highest BCUT2D eigenvalue weighted by atomic mass is 32.2. The van der Waals surface area contributed by atoms with Crippen molar-refractivity contribution in [1.82, 2.24) is 9.97 Å². The molecule has 64 valence electrons. The number of aromatic amines is 1. The number of nitrogens with zero attached hydrogens (tertiary/aromatic N) is 1. The van der Waals surface area contributed by atoms with E-state index >= 15 is 0 Å². The van der Waals surface area contributed by atoms with Crippen molar-refractivity contribution in [2.75, 3.05) is 12.5 Å². The van der Waals surface area contributed by atoms with E-state index in [4.69, 9.17) is 0 Å². The van der Waals surface area contributed by atoms with Crippen LogP contribution < -0.4 is 0 Å². The topological polar surface area (TPSA) is 28.7 Å². The van der Waals surface area contributed by atoms with E-state index in [9.17, 15) is 0 Å². The molecule has 2 rings (SSSR count). The maximum absolute atomic E-state index is 4.06. The number of nitrogens with one attached hydrogen (secondary N) is 1. The summed E-state index contributed by atoms with van der Waals surface area (Å²) in [5.74, 6) is 0. The first-order chi connectivity index (χ1) is 5.77. The van der Waals surface area contributed by atoms with E-state index < -0.39 is 0 Å². The molecule has 0 atom stereocenters. The SMILES string of the molecule is C[SH](C)c1cc2ccncc2[nH]1. The van der Waals surface area contributed by atoms with Crippen LogP contribution in [0.1, 0.15) is 0 Å².